The highest BCUT2D eigenvalue weighted by molar-refractivity contribution is 5.77. The van der Waals surface area contributed by atoms with Crippen molar-refractivity contribution in [2.75, 3.05) is 11.9 Å². The number of hydrogen-bond donors (Lipinski definition) is 2. The maximum Gasteiger partial charge on any atom is 0.416 e. The van der Waals surface area contributed by atoms with E-state index in [1.165, 1.54) is 16.9 Å². The van der Waals surface area contributed by atoms with E-state index in [0.717, 1.165) is 12.1 Å². The molecule has 0 radical (unpaired) electrons. The second kappa shape index (κ2) is 8.48. The van der Waals surface area contributed by atoms with Gasteiger partial charge in [-0.25, -0.2) is 5.48 Å². The summed E-state index contributed by atoms with van der Waals surface area (Å²) in [7, 11) is 0. The van der Waals surface area contributed by atoms with E-state index in [-0.39, 0.29) is 13.2 Å². The molecule has 0 aliphatic heterocycles. The topological polar surface area (TPSA) is 94.0 Å². The molecule has 0 bridgehead atoms. The average molecular weight is 392 g/mol. The molecule has 1 amide bonds. The highest BCUT2D eigenvalue weighted by Crippen LogP contribution is 2.32. The van der Waals surface area contributed by atoms with Crippen molar-refractivity contribution in [3.8, 4) is 11.4 Å². The van der Waals surface area contributed by atoms with Crippen LogP contribution in [-0.2, 0) is 22.4 Å². The van der Waals surface area contributed by atoms with E-state index in [1.54, 1.807) is 24.3 Å². The third-order valence-electron chi connectivity index (χ3n) is 3.64. The molecule has 0 saturated heterocycles. The summed E-state index contributed by atoms with van der Waals surface area (Å²) in [5.41, 5.74) is 3.06. The van der Waals surface area contributed by atoms with Crippen LogP contribution in [0.1, 0.15) is 5.56 Å². The van der Waals surface area contributed by atoms with Crippen LogP contribution in [0, 0.1) is 0 Å². The zero-order chi connectivity index (χ0) is 20.0. The lowest BCUT2D eigenvalue weighted by Crippen LogP contribution is -2.17. The molecule has 11 heteroatoms. The van der Waals surface area contributed by atoms with Crippen LogP contribution in [0.2, 0.25) is 0 Å². The Morgan fingerprint density at radius 1 is 1.11 bits per heavy atom. The summed E-state index contributed by atoms with van der Waals surface area (Å²) in [5, 5.41) is 15.2. The Bertz CT molecular complexity index is 927. The lowest BCUT2D eigenvalue weighted by Gasteiger charge is -2.11. The van der Waals surface area contributed by atoms with Crippen molar-refractivity contribution in [1.82, 2.24) is 25.7 Å². The molecule has 3 rings (SSSR count). The van der Waals surface area contributed by atoms with E-state index in [1.807, 2.05) is 0 Å². The molecule has 146 valence electrons. The number of nitrogens with one attached hydrogen (secondary N) is 2. The molecule has 0 spiro atoms. The normalized spacial score (nSPS) is 11.2. The summed E-state index contributed by atoms with van der Waals surface area (Å²) in [6, 6.07) is 11.8. The molecule has 0 aliphatic rings. The molecule has 0 unspecified atom stereocenters. The standard InChI is InChI=1S/C17H15F3N6O2/c18-17(19,20)12-5-7-13(8-6-12)22-15-4-2-1-3-14(15)16-23-25-26(24-16)9-10-28-21-11-27/h1-8,11,22H,9-10H2,(H,21,27). The minimum absolute atomic E-state index is 0.153. The molecule has 28 heavy (non-hydrogen) atoms. The third kappa shape index (κ3) is 4.82. The first-order chi connectivity index (χ1) is 13.5. The summed E-state index contributed by atoms with van der Waals surface area (Å²) >= 11 is 0. The lowest BCUT2D eigenvalue weighted by atomic mass is 10.1. The van der Waals surface area contributed by atoms with Gasteiger partial charge in [0.25, 0.3) is 0 Å². The number of benzene rings is 2. The van der Waals surface area contributed by atoms with Gasteiger partial charge in [0, 0.05) is 16.9 Å². The first-order valence-electron chi connectivity index (χ1n) is 8.10. The quantitative estimate of drug-likeness (QED) is 0.348. The van der Waals surface area contributed by atoms with Gasteiger partial charge in [-0.3, -0.25) is 9.63 Å². The van der Waals surface area contributed by atoms with Crippen LogP contribution in [0.5, 0.6) is 0 Å². The van der Waals surface area contributed by atoms with Gasteiger partial charge < -0.3 is 5.32 Å². The maximum atomic E-state index is 12.7. The third-order valence-corrected chi connectivity index (χ3v) is 3.64. The number of nitrogens with zero attached hydrogens (tertiary/aromatic N) is 4. The second-order valence-corrected chi connectivity index (χ2v) is 5.54. The molecule has 0 aliphatic carbocycles. The first-order valence-corrected chi connectivity index (χ1v) is 8.10. The zero-order valence-corrected chi connectivity index (χ0v) is 14.3. The summed E-state index contributed by atoms with van der Waals surface area (Å²) in [5.74, 6) is 0.332. The number of amides is 1. The van der Waals surface area contributed by atoms with Crippen LogP contribution in [0.4, 0.5) is 24.5 Å². The van der Waals surface area contributed by atoms with Gasteiger partial charge in [0.05, 0.1) is 18.7 Å². The van der Waals surface area contributed by atoms with Crippen LogP contribution in [-0.4, -0.2) is 33.2 Å². The molecule has 0 saturated carbocycles. The predicted octanol–water partition coefficient (Wildman–Crippen LogP) is 2.78. The fourth-order valence-electron chi connectivity index (χ4n) is 2.35. The van der Waals surface area contributed by atoms with Crippen molar-refractivity contribution in [3.63, 3.8) is 0 Å². The Hall–Kier alpha value is -3.47. The van der Waals surface area contributed by atoms with E-state index in [4.69, 9.17) is 4.84 Å². The summed E-state index contributed by atoms with van der Waals surface area (Å²) < 4.78 is 38.1. The predicted molar refractivity (Wildman–Crippen MR) is 93.1 cm³/mol. The summed E-state index contributed by atoms with van der Waals surface area (Å²) in [6.45, 7) is 0.419. The molecule has 0 fully saturated rings. The van der Waals surface area contributed by atoms with Gasteiger partial charge in [0.2, 0.25) is 12.2 Å². The van der Waals surface area contributed by atoms with Gasteiger partial charge in [0.1, 0.15) is 0 Å². The fraction of sp³-hybridized carbons (Fsp3) is 0.176. The zero-order valence-electron chi connectivity index (χ0n) is 14.3. The number of carbonyl (C=O) groups is 1. The Morgan fingerprint density at radius 2 is 1.86 bits per heavy atom. The number of hydrogen-bond acceptors (Lipinski definition) is 6. The van der Waals surface area contributed by atoms with Crippen LogP contribution < -0.4 is 10.8 Å². The van der Waals surface area contributed by atoms with Gasteiger partial charge in [0.15, 0.2) is 0 Å². The first kappa shape index (κ1) is 19.3. The number of alkyl halides is 3. The van der Waals surface area contributed by atoms with Gasteiger partial charge >= 0.3 is 6.18 Å². The lowest BCUT2D eigenvalue weighted by molar-refractivity contribution is -0.137. The number of tetrazole rings is 1. The number of aromatic nitrogens is 4. The number of hydroxylamine groups is 1. The maximum absolute atomic E-state index is 12.7. The SMILES string of the molecule is O=CNOCCn1nnc(-c2ccccc2Nc2ccc(C(F)(F)F)cc2)n1. The highest BCUT2D eigenvalue weighted by atomic mass is 19.4. The van der Waals surface area contributed by atoms with Gasteiger partial charge in [-0.2, -0.15) is 18.0 Å². The number of rotatable bonds is 8. The van der Waals surface area contributed by atoms with Crippen molar-refractivity contribution >= 4 is 17.8 Å². The van der Waals surface area contributed by atoms with Crippen molar-refractivity contribution in [3.05, 3.63) is 54.1 Å². The largest absolute Gasteiger partial charge is 0.416 e. The summed E-state index contributed by atoms with van der Waals surface area (Å²) in [4.78, 5) is 16.2. The van der Waals surface area contributed by atoms with E-state index < -0.39 is 11.7 Å². The average Bonchev–Trinajstić information content (AvgIpc) is 3.14. The van der Waals surface area contributed by atoms with Crippen molar-refractivity contribution in [1.29, 1.82) is 0 Å². The second-order valence-electron chi connectivity index (χ2n) is 5.54. The van der Waals surface area contributed by atoms with Crippen molar-refractivity contribution < 1.29 is 22.8 Å². The van der Waals surface area contributed by atoms with Gasteiger partial charge in [-0.1, -0.05) is 12.1 Å². The fourth-order valence-corrected chi connectivity index (χ4v) is 2.35. The van der Waals surface area contributed by atoms with Crippen LogP contribution in [0.25, 0.3) is 11.4 Å². The van der Waals surface area contributed by atoms with Crippen molar-refractivity contribution in [2.24, 2.45) is 0 Å². The Kier molecular flexibility index (Phi) is 5.84. The Balaban J connectivity index is 1.75. The molecule has 3 aromatic rings. The van der Waals surface area contributed by atoms with E-state index in [0.29, 0.717) is 29.2 Å². The summed E-state index contributed by atoms with van der Waals surface area (Å²) in [6.07, 6.45) is -3.98. The van der Waals surface area contributed by atoms with Gasteiger partial charge in [-0.05, 0) is 41.6 Å². The highest BCUT2D eigenvalue weighted by Gasteiger charge is 2.29. The molecule has 0 atom stereocenters. The molecule has 8 nitrogen and oxygen atoms in total. The van der Waals surface area contributed by atoms with E-state index >= 15 is 0 Å². The number of para-hydroxylation sites is 1. The molecule has 1 aromatic heterocycles. The van der Waals surface area contributed by atoms with Crippen LogP contribution in [0.15, 0.2) is 48.5 Å². The number of carbonyl (C=O) groups excluding carboxylic acids is 1. The molecule has 2 aromatic carbocycles. The number of anilines is 2. The minimum Gasteiger partial charge on any atom is -0.355 e. The molecular formula is C17H15F3N6O2. The minimum atomic E-state index is -4.39. The van der Waals surface area contributed by atoms with Crippen LogP contribution in [0.3, 0.4) is 0 Å². The number of halogens is 3. The molecule has 2 N–H and O–H groups in total. The van der Waals surface area contributed by atoms with E-state index in [9.17, 15) is 18.0 Å². The van der Waals surface area contributed by atoms with Gasteiger partial charge in [-0.15, -0.1) is 10.2 Å². The van der Waals surface area contributed by atoms with Crippen molar-refractivity contribution in [2.45, 2.75) is 12.7 Å². The monoisotopic (exact) mass is 392 g/mol. The van der Waals surface area contributed by atoms with Crippen LogP contribution >= 0.6 is 0 Å². The Morgan fingerprint density at radius 3 is 2.57 bits per heavy atom. The van der Waals surface area contributed by atoms with E-state index in [2.05, 4.69) is 26.2 Å². The molecular weight excluding hydrogens is 377 g/mol. The Labute approximate surface area is 157 Å². The molecule has 1 heterocycles. The smallest absolute Gasteiger partial charge is 0.355 e.